The molecule has 0 aromatic heterocycles. The van der Waals surface area contributed by atoms with Crippen molar-refractivity contribution in [3.05, 3.63) is 11.6 Å². The third-order valence-corrected chi connectivity index (χ3v) is 10.0. The van der Waals surface area contributed by atoms with Crippen LogP contribution in [-0.4, -0.2) is 24.8 Å². The van der Waals surface area contributed by atoms with E-state index in [0.717, 1.165) is 43.6 Å². The highest BCUT2D eigenvalue weighted by atomic mass is 16.7. The van der Waals surface area contributed by atoms with Crippen LogP contribution >= 0.6 is 0 Å². The second-order valence-corrected chi connectivity index (χ2v) is 11.3. The highest BCUT2D eigenvalue weighted by molar-refractivity contribution is 5.79. The van der Waals surface area contributed by atoms with Gasteiger partial charge in [0.15, 0.2) is 6.29 Å². The number of hydrogen-bond donors (Lipinski definition) is 0. The molecule has 3 saturated carbocycles. The number of rotatable bonds is 3. The van der Waals surface area contributed by atoms with Crippen LogP contribution in [-0.2, 0) is 14.3 Å². The van der Waals surface area contributed by atoms with Crippen molar-refractivity contribution in [3.63, 3.8) is 0 Å². The van der Waals surface area contributed by atoms with Crippen LogP contribution in [0.15, 0.2) is 11.6 Å². The van der Waals surface area contributed by atoms with Crippen LogP contribution in [0.1, 0.15) is 91.4 Å². The van der Waals surface area contributed by atoms with E-state index < -0.39 is 0 Å². The van der Waals surface area contributed by atoms with Crippen molar-refractivity contribution in [1.29, 1.82) is 0 Å². The number of fused-ring (bicyclic) bond motifs is 5. The quantitative estimate of drug-likeness (QED) is 0.540. The van der Waals surface area contributed by atoms with Crippen LogP contribution in [0, 0.1) is 34.5 Å². The Morgan fingerprint density at radius 1 is 1.07 bits per heavy atom. The molecule has 0 aromatic carbocycles. The molecule has 0 amide bonds. The molecule has 0 spiro atoms. The molecule has 3 nitrogen and oxygen atoms in total. The average molecular weight is 401 g/mol. The molecular weight excluding hydrogens is 360 g/mol. The van der Waals surface area contributed by atoms with Gasteiger partial charge < -0.3 is 9.47 Å². The summed E-state index contributed by atoms with van der Waals surface area (Å²) in [5, 5.41) is 0. The van der Waals surface area contributed by atoms with E-state index in [1.165, 1.54) is 51.4 Å². The monoisotopic (exact) mass is 400 g/mol. The first-order chi connectivity index (χ1) is 13.9. The number of carbonyl (C=O) groups is 1. The van der Waals surface area contributed by atoms with Gasteiger partial charge in [0.2, 0.25) is 0 Å². The number of allylic oxidation sites excluding steroid dienone is 1. The fraction of sp³-hybridized carbons (Fsp3) is 0.885. The predicted molar refractivity (Wildman–Crippen MR) is 114 cm³/mol. The molecule has 1 heterocycles. The highest BCUT2D eigenvalue weighted by Gasteiger charge is 2.59. The van der Waals surface area contributed by atoms with Crippen molar-refractivity contribution in [1.82, 2.24) is 0 Å². The maximum Gasteiger partial charge on any atom is 0.157 e. The number of ketones is 1. The van der Waals surface area contributed by atoms with E-state index in [1.807, 2.05) is 6.92 Å². The maximum atomic E-state index is 12.3. The van der Waals surface area contributed by atoms with Gasteiger partial charge in [-0.1, -0.05) is 25.5 Å². The minimum atomic E-state index is 0.0347. The molecule has 0 aromatic rings. The fourth-order valence-electron chi connectivity index (χ4n) is 8.44. The Labute approximate surface area is 177 Å². The molecular formula is C26H40O3. The standard InChI is InChI=1S/C26H40O3/c1-17(27)21-9-10-22-20-8-7-18-16-19(29-24-6-4-5-15-28-24)11-13-25(18,2)23(20)12-14-26(21,22)3/h7,19-24H,4-6,8-16H2,1-3H3/t19-,20-,21+,22-,23?,24?,25-,26+/m0/s1. The summed E-state index contributed by atoms with van der Waals surface area (Å²) >= 11 is 0. The molecule has 0 radical (unpaired) electrons. The van der Waals surface area contributed by atoms with Gasteiger partial charge >= 0.3 is 0 Å². The third kappa shape index (κ3) is 3.26. The topological polar surface area (TPSA) is 35.5 Å². The molecule has 3 heteroatoms. The molecule has 0 bridgehead atoms. The SMILES string of the molecule is CC(=O)[C@H]1CC[C@H]2[C@@H]3CC=C4C[C@@H](OC5CCCCO5)CC[C@]4(C)C3CC[C@]12C. The molecule has 162 valence electrons. The Kier molecular flexibility index (Phi) is 5.22. The molecule has 1 aliphatic heterocycles. The normalized spacial score (nSPS) is 49.6. The first kappa shape index (κ1) is 20.2. The van der Waals surface area contributed by atoms with Crippen molar-refractivity contribution in [3.8, 4) is 0 Å². The lowest BCUT2D eigenvalue weighted by atomic mass is 9.47. The summed E-state index contributed by atoms with van der Waals surface area (Å²) in [6.45, 7) is 7.71. The van der Waals surface area contributed by atoms with E-state index in [-0.39, 0.29) is 11.7 Å². The van der Waals surface area contributed by atoms with Gasteiger partial charge in [-0.3, -0.25) is 4.79 Å². The van der Waals surface area contributed by atoms with Crippen LogP contribution in [0.4, 0.5) is 0 Å². The fourth-order valence-corrected chi connectivity index (χ4v) is 8.44. The zero-order chi connectivity index (χ0) is 20.2. The van der Waals surface area contributed by atoms with Gasteiger partial charge in [-0.05, 0) is 106 Å². The molecule has 2 unspecified atom stereocenters. The number of carbonyl (C=O) groups excluding carboxylic acids is 1. The van der Waals surface area contributed by atoms with Gasteiger partial charge in [0, 0.05) is 12.5 Å². The van der Waals surface area contributed by atoms with Crippen molar-refractivity contribution in [2.75, 3.05) is 6.61 Å². The molecule has 5 aliphatic rings. The van der Waals surface area contributed by atoms with E-state index >= 15 is 0 Å². The lowest BCUT2D eigenvalue weighted by Gasteiger charge is -2.58. The summed E-state index contributed by atoms with van der Waals surface area (Å²) in [6.07, 6.45) is 16.2. The van der Waals surface area contributed by atoms with Crippen molar-refractivity contribution < 1.29 is 14.3 Å². The van der Waals surface area contributed by atoms with Gasteiger partial charge in [-0.15, -0.1) is 0 Å². The maximum absolute atomic E-state index is 12.3. The summed E-state index contributed by atoms with van der Waals surface area (Å²) in [7, 11) is 0. The minimum Gasteiger partial charge on any atom is -0.353 e. The minimum absolute atomic E-state index is 0.0347. The third-order valence-electron chi connectivity index (χ3n) is 10.0. The molecule has 4 fully saturated rings. The Morgan fingerprint density at radius 2 is 1.93 bits per heavy atom. The lowest BCUT2D eigenvalue weighted by Crippen LogP contribution is -2.51. The molecule has 4 aliphatic carbocycles. The van der Waals surface area contributed by atoms with Gasteiger partial charge in [0.1, 0.15) is 5.78 Å². The smallest absolute Gasteiger partial charge is 0.157 e. The van der Waals surface area contributed by atoms with Crippen LogP contribution in [0.25, 0.3) is 0 Å². The van der Waals surface area contributed by atoms with Gasteiger partial charge in [-0.25, -0.2) is 0 Å². The van der Waals surface area contributed by atoms with E-state index in [9.17, 15) is 4.79 Å². The van der Waals surface area contributed by atoms with Crippen molar-refractivity contribution in [2.45, 2.75) is 104 Å². The Hall–Kier alpha value is -0.670. The first-order valence-corrected chi connectivity index (χ1v) is 12.4. The Balaban J connectivity index is 1.32. The summed E-state index contributed by atoms with van der Waals surface area (Å²) in [6, 6.07) is 0. The zero-order valence-electron chi connectivity index (χ0n) is 18.8. The lowest BCUT2D eigenvalue weighted by molar-refractivity contribution is -0.195. The summed E-state index contributed by atoms with van der Waals surface area (Å²) < 4.78 is 12.2. The van der Waals surface area contributed by atoms with Gasteiger partial charge in [0.05, 0.1) is 6.10 Å². The van der Waals surface area contributed by atoms with E-state index in [4.69, 9.17) is 9.47 Å². The van der Waals surface area contributed by atoms with Crippen LogP contribution in [0.5, 0.6) is 0 Å². The van der Waals surface area contributed by atoms with E-state index in [0.29, 0.717) is 23.2 Å². The van der Waals surface area contributed by atoms with Crippen molar-refractivity contribution in [2.24, 2.45) is 34.5 Å². The largest absolute Gasteiger partial charge is 0.353 e. The Morgan fingerprint density at radius 3 is 2.69 bits per heavy atom. The molecule has 8 atom stereocenters. The van der Waals surface area contributed by atoms with Crippen LogP contribution < -0.4 is 0 Å². The van der Waals surface area contributed by atoms with Gasteiger partial charge in [0.25, 0.3) is 0 Å². The molecule has 5 rings (SSSR count). The summed E-state index contributed by atoms with van der Waals surface area (Å²) in [5.41, 5.74) is 2.29. The highest BCUT2D eigenvalue weighted by Crippen LogP contribution is 2.66. The van der Waals surface area contributed by atoms with Crippen LogP contribution in [0.2, 0.25) is 0 Å². The number of hydrogen-bond acceptors (Lipinski definition) is 3. The number of ether oxygens (including phenoxy) is 2. The first-order valence-electron chi connectivity index (χ1n) is 12.4. The van der Waals surface area contributed by atoms with Gasteiger partial charge in [-0.2, -0.15) is 0 Å². The molecule has 1 saturated heterocycles. The van der Waals surface area contributed by atoms with Crippen LogP contribution in [0.3, 0.4) is 0 Å². The Bertz CT molecular complexity index is 677. The summed E-state index contributed by atoms with van der Waals surface area (Å²) in [4.78, 5) is 12.3. The van der Waals surface area contributed by atoms with Crippen molar-refractivity contribution >= 4 is 5.78 Å². The summed E-state index contributed by atoms with van der Waals surface area (Å²) in [5.74, 6) is 3.08. The number of Topliss-reactive ketones (excluding diaryl/α,β-unsaturated/α-hetero) is 1. The van der Waals surface area contributed by atoms with E-state index in [2.05, 4.69) is 19.9 Å². The predicted octanol–water partition coefficient (Wildman–Crippen LogP) is 6.07. The second kappa shape index (κ2) is 7.48. The average Bonchev–Trinajstić information content (AvgIpc) is 3.06. The zero-order valence-corrected chi connectivity index (χ0v) is 18.8. The molecule has 29 heavy (non-hydrogen) atoms. The second-order valence-electron chi connectivity index (χ2n) is 11.3. The molecule has 0 N–H and O–H groups in total. The van der Waals surface area contributed by atoms with E-state index in [1.54, 1.807) is 5.57 Å².